The van der Waals surface area contributed by atoms with E-state index in [1.807, 2.05) is 0 Å². The first kappa shape index (κ1) is 11.1. The van der Waals surface area contributed by atoms with E-state index in [1.165, 1.54) is 6.21 Å². The average molecular weight is 276 g/mol. The number of hydrogen-bond donors (Lipinski definition) is 2. The van der Waals surface area contributed by atoms with Crippen LogP contribution < -0.4 is 11.2 Å². The fourth-order valence-electron chi connectivity index (χ4n) is 0.786. The fourth-order valence-corrected chi connectivity index (χ4v) is 1.22. The van der Waals surface area contributed by atoms with Gasteiger partial charge in [-0.1, -0.05) is 12.1 Å². The van der Waals surface area contributed by atoms with Gasteiger partial charge in [-0.2, -0.15) is 5.10 Å². The van der Waals surface area contributed by atoms with Crippen molar-refractivity contribution < 1.29 is 4.39 Å². The van der Waals surface area contributed by atoms with E-state index in [1.54, 1.807) is 18.2 Å². The Morgan fingerprint density at radius 1 is 1.64 bits per heavy atom. The van der Waals surface area contributed by atoms with Gasteiger partial charge in [0, 0.05) is 5.56 Å². The third kappa shape index (κ3) is 3.04. The van der Waals surface area contributed by atoms with Gasteiger partial charge in [0.25, 0.3) is 0 Å². The summed E-state index contributed by atoms with van der Waals surface area (Å²) in [7, 11) is 0. The van der Waals surface area contributed by atoms with E-state index < -0.39 is 0 Å². The summed E-state index contributed by atoms with van der Waals surface area (Å²) >= 11 is 7.58. The number of nitrogens with zero attached hydrogens (tertiary/aromatic N) is 1. The molecule has 0 saturated heterocycles. The lowest BCUT2D eigenvalue weighted by Crippen LogP contribution is -2.24. The highest BCUT2D eigenvalue weighted by Crippen LogP contribution is 2.16. The van der Waals surface area contributed by atoms with Crippen LogP contribution in [-0.4, -0.2) is 11.3 Å². The molecule has 1 aromatic carbocycles. The topological polar surface area (TPSA) is 50.4 Å². The van der Waals surface area contributed by atoms with Crippen molar-refractivity contribution in [3.63, 3.8) is 0 Å². The monoisotopic (exact) mass is 275 g/mol. The van der Waals surface area contributed by atoms with Crippen LogP contribution in [0.3, 0.4) is 0 Å². The Balaban J connectivity index is 2.81. The molecule has 14 heavy (non-hydrogen) atoms. The number of halogens is 2. The van der Waals surface area contributed by atoms with Crippen LogP contribution in [0, 0.1) is 5.82 Å². The van der Waals surface area contributed by atoms with Gasteiger partial charge in [-0.15, -0.1) is 0 Å². The molecule has 0 spiro atoms. The molecule has 0 aliphatic heterocycles. The maximum absolute atomic E-state index is 13.3. The van der Waals surface area contributed by atoms with Crippen LogP contribution in [-0.2, 0) is 0 Å². The summed E-state index contributed by atoms with van der Waals surface area (Å²) in [4.78, 5) is 0. The predicted molar refractivity (Wildman–Crippen MR) is 61.6 cm³/mol. The summed E-state index contributed by atoms with van der Waals surface area (Å²) in [5, 5.41) is 3.68. The second kappa shape index (κ2) is 5.02. The van der Waals surface area contributed by atoms with Crippen LogP contribution in [0.1, 0.15) is 5.56 Å². The molecular weight excluding hydrogens is 269 g/mol. The largest absolute Gasteiger partial charge is 0.375 e. The van der Waals surface area contributed by atoms with Crippen molar-refractivity contribution in [2.24, 2.45) is 10.8 Å². The zero-order chi connectivity index (χ0) is 10.6. The van der Waals surface area contributed by atoms with Crippen molar-refractivity contribution in [2.45, 2.75) is 0 Å². The quantitative estimate of drug-likeness (QED) is 0.491. The number of hydrogen-bond acceptors (Lipinski definition) is 2. The highest BCUT2D eigenvalue weighted by molar-refractivity contribution is 9.10. The van der Waals surface area contributed by atoms with Crippen LogP contribution in [0.5, 0.6) is 0 Å². The Bertz CT molecular complexity index is 381. The molecule has 1 aromatic rings. The Hall–Kier alpha value is -1.01. The second-order valence-electron chi connectivity index (χ2n) is 2.38. The van der Waals surface area contributed by atoms with Crippen molar-refractivity contribution in [1.82, 2.24) is 5.43 Å². The maximum Gasteiger partial charge on any atom is 0.184 e. The van der Waals surface area contributed by atoms with Gasteiger partial charge >= 0.3 is 0 Å². The molecule has 0 amide bonds. The number of nitrogens with one attached hydrogen (secondary N) is 1. The third-order valence-electron chi connectivity index (χ3n) is 1.36. The summed E-state index contributed by atoms with van der Waals surface area (Å²) < 4.78 is 13.7. The first-order chi connectivity index (χ1) is 6.61. The number of thiocarbonyl (C=S) groups is 1. The van der Waals surface area contributed by atoms with E-state index in [0.717, 1.165) is 0 Å². The summed E-state index contributed by atoms with van der Waals surface area (Å²) in [6.45, 7) is 0. The highest BCUT2D eigenvalue weighted by Gasteiger charge is 2.02. The van der Waals surface area contributed by atoms with Gasteiger partial charge in [-0.25, -0.2) is 4.39 Å². The van der Waals surface area contributed by atoms with Crippen molar-refractivity contribution in [2.75, 3.05) is 0 Å². The lowest BCUT2D eigenvalue weighted by Gasteiger charge is -1.98. The number of benzene rings is 1. The predicted octanol–water partition coefficient (Wildman–Crippen LogP) is 1.76. The molecular formula is C8H7BrFN3S. The van der Waals surface area contributed by atoms with E-state index in [0.29, 0.717) is 10.0 Å². The molecule has 0 unspecified atom stereocenters. The molecule has 6 heteroatoms. The molecule has 0 saturated carbocycles. The standard InChI is InChI=1S/C8H7BrFN3S/c9-6-3-1-2-5(7(6)10)4-12-13-8(11)14/h1-4H,(H3,11,13,14). The molecule has 0 fully saturated rings. The van der Waals surface area contributed by atoms with Gasteiger partial charge in [0.05, 0.1) is 10.7 Å². The number of rotatable bonds is 2. The minimum absolute atomic E-state index is 0.0386. The van der Waals surface area contributed by atoms with Crippen molar-refractivity contribution in [3.8, 4) is 0 Å². The zero-order valence-corrected chi connectivity index (χ0v) is 9.40. The van der Waals surface area contributed by atoms with E-state index in [9.17, 15) is 4.39 Å². The van der Waals surface area contributed by atoms with Crippen LogP contribution in [0.25, 0.3) is 0 Å². The smallest absolute Gasteiger partial charge is 0.184 e. The molecule has 0 aliphatic rings. The Morgan fingerprint density at radius 2 is 2.36 bits per heavy atom. The molecule has 74 valence electrons. The molecule has 0 heterocycles. The number of nitrogens with two attached hydrogens (primary N) is 1. The first-order valence-electron chi connectivity index (χ1n) is 3.64. The highest BCUT2D eigenvalue weighted by atomic mass is 79.9. The minimum Gasteiger partial charge on any atom is -0.375 e. The van der Waals surface area contributed by atoms with Crippen LogP contribution >= 0.6 is 28.1 Å². The third-order valence-corrected chi connectivity index (χ3v) is 2.06. The normalized spacial score (nSPS) is 10.4. The van der Waals surface area contributed by atoms with Gasteiger partial charge in [-0.3, -0.25) is 5.43 Å². The molecule has 3 N–H and O–H groups in total. The molecule has 0 aromatic heterocycles. The van der Waals surface area contributed by atoms with Gasteiger partial charge < -0.3 is 5.73 Å². The van der Waals surface area contributed by atoms with E-state index in [2.05, 4.69) is 38.7 Å². The van der Waals surface area contributed by atoms with E-state index in [4.69, 9.17) is 5.73 Å². The van der Waals surface area contributed by atoms with Gasteiger partial charge in [0.15, 0.2) is 5.11 Å². The molecule has 0 radical (unpaired) electrons. The van der Waals surface area contributed by atoms with Crippen LogP contribution in [0.4, 0.5) is 4.39 Å². The molecule has 1 rings (SSSR count). The second-order valence-corrected chi connectivity index (χ2v) is 3.67. The first-order valence-corrected chi connectivity index (χ1v) is 4.84. The van der Waals surface area contributed by atoms with E-state index >= 15 is 0 Å². The molecule has 0 aliphatic carbocycles. The van der Waals surface area contributed by atoms with Gasteiger partial charge in [0.2, 0.25) is 0 Å². The van der Waals surface area contributed by atoms with Gasteiger partial charge in [-0.05, 0) is 34.2 Å². The lowest BCUT2D eigenvalue weighted by atomic mass is 10.2. The average Bonchev–Trinajstić information content (AvgIpc) is 2.12. The zero-order valence-electron chi connectivity index (χ0n) is 7.00. The molecule has 0 bridgehead atoms. The molecule has 3 nitrogen and oxygen atoms in total. The summed E-state index contributed by atoms with van der Waals surface area (Å²) in [6.07, 6.45) is 1.30. The van der Waals surface area contributed by atoms with Crippen LogP contribution in [0.15, 0.2) is 27.8 Å². The summed E-state index contributed by atoms with van der Waals surface area (Å²) in [6, 6.07) is 4.90. The Labute approximate surface area is 94.3 Å². The number of hydrazone groups is 1. The van der Waals surface area contributed by atoms with Crippen LogP contribution in [0.2, 0.25) is 0 Å². The Morgan fingerprint density at radius 3 is 3.00 bits per heavy atom. The summed E-state index contributed by atoms with van der Waals surface area (Å²) in [5.74, 6) is -0.374. The van der Waals surface area contributed by atoms with Crippen molar-refractivity contribution >= 4 is 39.5 Å². The maximum atomic E-state index is 13.3. The lowest BCUT2D eigenvalue weighted by molar-refractivity contribution is 0.619. The van der Waals surface area contributed by atoms with E-state index in [-0.39, 0.29) is 10.9 Å². The fraction of sp³-hybridized carbons (Fsp3) is 0. The summed E-state index contributed by atoms with van der Waals surface area (Å²) in [5.41, 5.74) is 7.82. The minimum atomic E-state index is -0.374. The van der Waals surface area contributed by atoms with Crippen molar-refractivity contribution in [3.05, 3.63) is 34.1 Å². The van der Waals surface area contributed by atoms with Gasteiger partial charge in [0.1, 0.15) is 5.82 Å². The SMILES string of the molecule is NC(=S)NN=Cc1cccc(Br)c1F. The Kier molecular flexibility index (Phi) is 3.97. The van der Waals surface area contributed by atoms with Crippen molar-refractivity contribution in [1.29, 1.82) is 0 Å². The molecule has 0 atom stereocenters.